The third-order valence-electron chi connectivity index (χ3n) is 25.0. The van der Waals surface area contributed by atoms with Gasteiger partial charge in [0.1, 0.15) is 0 Å². The van der Waals surface area contributed by atoms with Crippen molar-refractivity contribution in [3.63, 3.8) is 0 Å². The second kappa shape index (κ2) is 25.9. The molecule has 0 N–H and O–H groups in total. The lowest BCUT2D eigenvalue weighted by atomic mass is 9.97. The summed E-state index contributed by atoms with van der Waals surface area (Å²) in [7, 11) is 0. The summed E-state index contributed by atoms with van der Waals surface area (Å²) in [5.74, 6) is 0. The van der Waals surface area contributed by atoms with Crippen molar-refractivity contribution in [2.24, 2.45) is 0 Å². The van der Waals surface area contributed by atoms with Crippen LogP contribution in [0.4, 0.5) is 34.1 Å². The van der Waals surface area contributed by atoms with Crippen LogP contribution in [0.2, 0.25) is 0 Å². The van der Waals surface area contributed by atoms with Crippen molar-refractivity contribution in [1.29, 1.82) is 0 Å². The summed E-state index contributed by atoms with van der Waals surface area (Å²) in [5, 5.41) is 25.2. The monoisotopic (exact) mass is 1500 g/mol. The van der Waals surface area contributed by atoms with Crippen LogP contribution in [0.1, 0.15) is 0 Å². The van der Waals surface area contributed by atoms with E-state index in [1.165, 1.54) is 191 Å². The third kappa shape index (κ3) is 10.00. The molecule has 0 aliphatic heterocycles. The van der Waals surface area contributed by atoms with E-state index in [1.807, 2.05) is 0 Å². The number of benzene rings is 20. The Morgan fingerprint density at radius 3 is 0.814 bits per heavy atom. The van der Waals surface area contributed by atoms with Crippen LogP contribution in [0.3, 0.4) is 0 Å². The topological polar surface area (TPSA) is 25.2 Å². The maximum absolute atomic E-state index is 2.57. The molecule has 0 fully saturated rings. The van der Waals surface area contributed by atoms with Gasteiger partial charge in [-0.15, -0.1) is 0 Å². The lowest BCUT2D eigenvalue weighted by Gasteiger charge is -2.25. The van der Waals surface area contributed by atoms with E-state index in [-0.39, 0.29) is 0 Å². The van der Waals surface area contributed by atoms with Crippen molar-refractivity contribution >= 4 is 197 Å². The van der Waals surface area contributed by atoms with Gasteiger partial charge in [-0.1, -0.05) is 243 Å². The first-order valence-electron chi connectivity index (χ1n) is 40.7. The molecule has 6 nitrogen and oxygen atoms in total. The Labute approximate surface area is 678 Å². The Kier molecular flexibility index (Phi) is 14.4. The summed E-state index contributed by atoms with van der Waals surface area (Å²) in [6.45, 7) is 0. The minimum absolute atomic E-state index is 1.12. The van der Waals surface area contributed by atoms with Gasteiger partial charge < -0.3 is 27.7 Å². The summed E-state index contributed by atoms with van der Waals surface area (Å²) in [5.41, 5.74) is 26.3. The van der Waals surface area contributed by atoms with Crippen LogP contribution < -0.4 is 9.80 Å². The Bertz CT molecular complexity index is 8430. The fourth-order valence-electron chi connectivity index (χ4n) is 19.9. The van der Waals surface area contributed by atoms with E-state index in [2.05, 4.69) is 452 Å². The molecule has 6 aromatic heterocycles. The van der Waals surface area contributed by atoms with Gasteiger partial charge in [0.2, 0.25) is 0 Å². The quantitative estimate of drug-likeness (QED) is 0.136. The molecule has 0 unspecified atom stereocenters. The third-order valence-corrected chi connectivity index (χ3v) is 25.0. The minimum Gasteiger partial charge on any atom is -0.310 e. The van der Waals surface area contributed by atoms with E-state index < -0.39 is 0 Å². The first kappa shape index (κ1) is 65.8. The van der Waals surface area contributed by atoms with E-state index in [9.17, 15) is 0 Å². The van der Waals surface area contributed by atoms with Crippen LogP contribution in [0, 0.1) is 0 Å². The normalized spacial score (nSPS) is 12.1. The molecule has 0 atom stereocenters. The molecule has 0 aliphatic carbocycles. The van der Waals surface area contributed by atoms with Gasteiger partial charge >= 0.3 is 0 Å². The summed E-state index contributed by atoms with van der Waals surface area (Å²) in [6, 6.07) is 156. The smallest absolute Gasteiger partial charge is 0.0628 e. The molecule has 0 spiro atoms. The fourth-order valence-corrected chi connectivity index (χ4v) is 19.9. The number of nitrogens with zero attached hydrogens (tertiary/aromatic N) is 6. The number of para-hydroxylation sites is 8. The van der Waals surface area contributed by atoms with Gasteiger partial charge in [0.05, 0.1) is 55.2 Å². The molecule has 0 radical (unpaired) electrons. The summed E-state index contributed by atoms with van der Waals surface area (Å²) in [4.78, 5) is 4.70. The van der Waals surface area contributed by atoms with Crippen LogP contribution in [-0.4, -0.2) is 17.9 Å². The van der Waals surface area contributed by atoms with Gasteiger partial charge in [0.15, 0.2) is 0 Å². The van der Waals surface area contributed by atoms with E-state index in [1.54, 1.807) is 0 Å². The second-order valence-electron chi connectivity index (χ2n) is 31.5. The van der Waals surface area contributed by atoms with Crippen molar-refractivity contribution in [1.82, 2.24) is 17.9 Å². The zero-order valence-electron chi connectivity index (χ0n) is 64.1. The predicted molar refractivity (Wildman–Crippen MR) is 501 cm³/mol. The van der Waals surface area contributed by atoms with Crippen molar-refractivity contribution in [3.8, 4) is 33.6 Å². The zero-order valence-corrected chi connectivity index (χ0v) is 64.1. The van der Waals surface area contributed by atoms with Crippen LogP contribution in [-0.2, 0) is 0 Å². The predicted octanol–water partition coefficient (Wildman–Crippen LogP) is 30.8. The molecule has 0 bridgehead atoms. The Morgan fingerprint density at radius 2 is 0.449 bits per heavy atom. The molecular weight excluding hydrogens is 1430 g/mol. The standard InChI is InChI=1S/C62H40N4.C50H30N2/c1-6-18-45(19-7-1)63(46-20-8-2-9-21-46)50-32-30-41-36-53-54-40-59-60(52-28-16-17-29-56(52)65(59)49-26-14-5-15-27-49)61-55-37-42-31-33-51(64(47-22-10-3-11-23-47)48-24-12-4-13-25-48)35-44(42)39-58(55)66(62(54)61)57(53)38-43(41)34-50;1-4-12-31(13-5-1)33-20-22-35-26-41-42-30-47-48(40-18-10-11-19-44(40)51(47)39-16-8-3-9-17-39)49-43-27-36-23-21-34(32-14-6-2-7-15-32)25-38(36)29-46(43)52(50(42)49)45(41)28-37(35)24-33/h1-40H;1-30H. The number of hydrogen-bond donors (Lipinski definition) is 0. The molecule has 118 heavy (non-hydrogen) atoms. The highest BCUT2D eigenvalue weighted by Gasteiger charge is 2.29. The first-order valence-corrected chi connectivity index (χ1v) is 40.7. The number of anilines is 6. The Balaban J connectivity index is 0.000000135. The summed E-state index contributed by atoms with van der Waals surface area (Å²) >= 11 is 0. The number of fused-ring (bicyclic) bond motifs is 24. The van der Waals surface area contributed by atoms with Gasteiger partial charge in [0, 0.05) is 110 Å². The molecule has 0 aliphatic rings. The molecule has 0 amide bonds. The molecular formula is C112H70N6. The maximum atomic E-state index is 2.57. The lowest BCUT2D eigenvalue weighted by Crippen LogP contribution is -2.09. The average Bonchev–Trinajstić information content (AvgIpc) is 1.52. The largest absolute Gasteiger partial charge is 0.310 e. The van der Waals surface area contributed by atoms with Crippen molar-refractivity contribution in [2.75, 3.05) is 9.80 Å². The maximum Gasteiger partial charge on any atom is 0.0628 e. The minimum atomic E-state index is 1.12. The number of hydrogen-bond acceptors (Lipinski definition) is 2. The second-order valence-corrected chi connectivity index (χ2v) is 31.5. The van der Waals surface area contributed by atoms with E-state index in [0.29, 0.717) is 0 Å². The van der Waals surface area contributed by atoms with Gasteiger partial charge in [-0.05, 0) is 247 Å². The Hall–Kier alpha value is -15.8. The molecule has 26 aromatic rings. The molecule has 0 saturated heterocycles. The van der Waals surface area contributed by atoms with Gasteiger partial charge in [0.25, 0.3) is 0 Å². The summed E-state index contributed by atoms with van der Waals surface area (Å²) in [6.07, 6.45) is 0. The highest BCUT2D eigenvalue weighted by atomic mass is 15.1. The Morgan fingerprint density at radius 1 is 0.153 bits per heavy atom. The van der Waals surface area contributed by atoms with Crippen LogP contribution in [0.25, 0.3) is 197 Å². The van der Waals surface area contributed by atoms with Crippen molar-refractivity contribution in [3.05, 3.63) is 425 Å². The molecule has 26 rings (SSSR count). The van der Waals surface area contributed by atoms with Gasteiger partial charge in [-0.25, -0.2) is 0 Å². The van der Waals surface area contributed by atoms with Crippen LogP contribution >= 0.6 is 0 Å². The molecule has 548 valence electrons. The molecule has 0 saturated carbocycles. The fraction of sp³-hybridized carbons (Fsp3) is 0. The SMILES string of the molecule is c1ccc(-c2ccc3cc4c5cc6c(c7ccccc7n6-c6ccccc6)c6c7cc8ccc(-c9ccccc9)cc8cc7n(c4cc3c2)c56)cc1.c1ccc(N(c2ccccc2)c2ccc3cc4c5cc6c(c7ccccc7n6-c6ccccc6)c6c7cc8ccc(N(c9ccccc9)c9ccccc9)cc8cc7n(c4cc3c2)c56)cc1. The molecule has 20 aromatic carbocycles. The molecule has 6 heterocycles. The number of rotatable bonds is 10. The van der Waals surface area contributed by atoms with E-state index >= 15 is 0 Å². The highest BCUT2D eigenvalue weighted by molar-refractivity contribution is 6.39. The summed E-state index contributed by atoms with van der Waals surface area (Å²) < 4.78 is 10.1. The van der Waals surface area contributed by atoms with Gasteiger partial charge in [-0.2, -0.15) is 0 Å². The van der Waals surface area contributed by atoms with Crippen molar-refractivity contribution in [2.45, 2.75) is 0 Å². The van der Waals surface area contributed by atoms with Crippen LogP contribution in [0.5, 0.6) is 0 Å². The molecule has 6 heteroatoms. The van der Waals surface area contributed by atoms with Crippen LogP contribution in [0.15, 0.2) is 425 Å². The first-order chi connectivity index (χ1) is 58.5. The van der Waals surface area contributed by atoms with E-state index in [4.69, 9.17) is 0 Å². The number of aromatic nitrogens is 4. The van der Waals surface area contributed by atoms with Gasteiger partial charge in [-0.3, -0.25) is 0 Å². The highest BCUT2D eigenvalue weighted by Crippen LogP contribution is 2.52. The average molecular weight is 1500 g/mol. The lowest BCUT2D eigenvalue weighted by molar-refractivity contribution is 1.18. The van der Waals surface area contributed by atoms with E-state index in [0.717, 1.165) is 39.8 Å². The van der Waals surface area contributed by atoms with Crippen molar-refractivity contribution < 1.29 is 0 Å². The zero-order chi connectivity index (χ0) is 77.2.